The van der Waals surface area contributed by atoms with E-state index in [1.807, 2.05) is 4.90 Å². The number of nitrogens with two attached hydrogens (primary N) is 1. The second-order valence-corrected chi connectivity index (χ2v) is 6.78. The van der Waals surface area contributed by atoms with E-state index >= 15 is 0 Å². The molecule has 1 saturated carbocycles. The molecule has 1 unspecified atom stereocenters. The van der Waals surface area contributed by atoms with Crippen molar-refractivity contribution in [3.63, 3.8) is 0 Å². The largest absolute Gasteiger partial charge is 0.381 e. The highest BCUT2D eigenvalue weighted by atomic mass is 16.5. The monoisotopic (exact) mass is 296 g/mol. The molecule has 2 aliphatic heterocycles. The summed E-state index contributed by atoms with van der Waals surface area (Å²) < 4.78 is 11.3. The first-order valence-electron chi connectivity index (χ1n) is 8.47. The zero-order valence-electron chi connectivity index (χ0n) is 12.8. The van der Waals surface area contributed by atoms with Crippen molar-refractivity contribution < 1.29 is 14.3 Å². The molecule has 1 atom stereocenters. The summed E-state index contributed by atoms with van der Waals surface area (Å²) in [7, 11) is 0. The Balaban J connectivity index is 1.40. The molecule has 1 aliphatic carbocycles. The lowest BCUT2D eigenvalue weighted by Crippen LogP contribution is -2.51. The Morgan fingerprint density at radius 2 is 1.81 bits per heavy atom. The second kappa shape index (κ2) is 7.07. The molecular weight excluding hydrogens is 268 g/mol. The lowest BCUT2D eigenvalue weighted by molar-refractivity contribution is -0.137. The summed E-state index contributed by atoms with van der Waals surface area (Å²) in [5, 5.41) is 0. The van der Waals surface area contributed by atoms with Crippen LogP contribution in [0.3, 0.4) is 0 Å². The van der Waals surface area contributed by atoms with Crippen molar-refractivity contribution in [2.24, 2.45) is 17.6 Å². The Morgan fingerprint density at radius 1 is 1.14 bits per heavy atom. The minimum atomic E-state index is -0.349. The van der Waals surface area contributed by atoms with Crippen LogP contribution in [-0.2, 0) is 14.3 Å². The highest BCUT2D eigenvalue weighted by Crippen LogP contribution is 2.30. The van der Waals surface area contributed by atoms with Crippen LogP contribution in [0.2, 0.25) is 0 Å². The van der Waals surface area contributed by atoms with Crippen molar-refractivity contribution in [3.05, 3.63) is 0 Å². The number of amides is 1. The van der Waals surface area contributed by atoms with Crippen LogP contribution in [0, 0.1) is 11.8 Å². The Morgan fingerprint density at radius 3 is 2.43 bits per heavy atom. The quantitative estimate of drug-likeness (QED) is 0.827. The van der Waals surface area contributed by atoms with E-state index in [1.165, 1.54) is 12.8 Å². The summed E-state index contributed by atoms with van der Waals surface area (Å²) in [5.74, 6) is 1.23. The average molecular weight is 296 g/mol. The molecule has 0 aromatic rings. The second-order valence-electron chi connectivity index (χ2n) is 6.78. The third-order valence-electron chi connectivity index (χ3n) is 5.08. The summed E-state index contributed by atoms with van der Waals surface area (Å²) in [4.78, 5) is 14.4. The van der Waals surface area contributed by atoms with Crippen LogP contribution in [0.5, 0.6) is 0 Å². The summed E-state index contributed by atoms with van der Waals surface area (Å²) in [5.41, 5.74) is 6.19. The molecule has 0 bridgehead atoms. The molecule has 5 nitrogen and oxygen atoms in total. The predicted molar refractivity (Wildman–Crippen MR) is 79.8 cm³/mol. The van der Waals surface area contributed by atoms with E-state index in [0.29, 0.717) is 6.10 Å². The summed E-state index contributed by atoms with van der Waals surface area (Å²) in [6, 6.07) is -0.349. The zero-order chi connectivity index (χ0) is 14.7. The fourth-order valence-electron chi connectivity index (χ4n) is 3.29. The molecule has 3 fully saturated rings. The molecule has 0 aromatic heterocycles. The van der Waals surface area contributed by atoms with Gasteiger partial charge in [-0.15, -0.1) is 0 Å². The van der Waals surface area contributed by atoms with Gasteiger partial charge in [-0.1, -0.05) is 0 Å². The number of ether oxygens (including phenoxy) is 2. The van der Waals surface area contributed by atoms with Gasteiger partial charge in [0.2, 0.25) is 5.91 Å². The number of rotatable bonds is 5. The van der Waals surface area contributed by atoms with E-state index in [9.17, 15) is 4.79 Å². The third-order valence-corrected chi connectivity index (χ3v) is 5.08. The molecule has 3 aliphatic rings. The SMILES string of the molecule is NC(C(=O)N1CCC(OCC2CC2)CC1)C1CCOCC1. The number of nitrogens with zero attached hydrogens (tertiary/aromatic N) is 1. The Hall–Kier alpha value is -0.650. The maximum atomic E-state index is 12.5. The van der Waals surface area contributed by atoms with E-state index in [-0.39, 0.29) is 17.9 Å². The number of carbonyl (C=O) groups excluding carboxylic acids is 1. The first kappa shape index (κ1) is 15.3. The molecule has 120 valence electrons. The number of likely N-dealkylation sites (tertiary alicyclic amines) is 1. The molecule has 0 aromatic carbocycles. The third kappa shape index (κ3) is 4.18. The number of carbonyl (C=O) groups is 1. The normalized spacial score (nSPS) is 26.8. The smallest absolute Gasteiger partial charge is 0.239 e. The standard InChI is InChI=1S/C16H28N2O3/c17-15(13-5-9-20-10-6-13)16(19)18-7-3-14(4-8-18)21-11-12-1-2-12/h12-15H,1-11,17H2. The predicted octanol–water partition coefficient (Wildman–Crippen LogP) is 1.16. The average Bonchev–Trinajstić information content (AvgIpc) is 3.37. The molecule has 2 N–H and O–H groups in total. The van der Waals surface area contributed by atoms with Crippen molar-refractivity contribution in [2.75, 3.05) is 32.9 Å². The first-order chi connectivity index (χ1) is 10.2. The van der Waals surface area contributed by atoms with Gasteiger partial charge in [0.25, 0.3) is 0 Å². The number of hydrogen-bond donors (Lipinski definition) is 1. The maximum absolute atomic E-state index is 12.5. The summed E-state index contributed by atoms with van der Waals surface area (Å²) in [6.45, 7) is 3.99. The van der Waals surface area contributed by atoms with Crippen LogP contribution in [-0.4, -0.2) is 55.9 Å². The van der Waals surface area contributed by atoms with E-state index in [0.717, 1.165) is 64.5 Å². The van der Waals surface area contributed by atoms with Crippen LogP contribution in [0.4, 0.5) is 0 Å². The van der Waals surface area contributed by atoms with E-state index in [4.69, 9.17) is 15.2 Å². The maximum Gasteiger partial charge on any atom is 0.239 e. The van der Waals surface area contributed by atoms with Gasteiger partial charge in [-0.25, -0.2) is 0 Å². The zero-order valence-corrected chi connectivity index (χ0v) is 12.8. The molecule has 21 heavy (non-hydrogen) atoms. The van der Waals surface area contributed by atoms with E-state index in [2.05, 4.69) is 0 Å². The number of hydrogen-bond acceptors (Lipinski definition) is 4. The van der Waals surface area contributed by atoms with Gasteiger partial charge in [-0.2, -0.15) is 0 Å². The molecule has 2 heterocycles. The highest BCUT2D eigenvalue weighted by molar-refractivity contribution is 5.82. The van der Waals surface area contributed by atoms with E-state index in [1.54, 1.807) is 0 Å². The molecule has 5 heteroatoms. The van der Waals surface area contributed by atoms with Gasteiger partial charge in [-0.05, 0) is 50.4 Å². The van der Waals surface area contributed by atoms with Gasteiger partial charge in [0.15, 0.2) is 0 Å². The van der Waals surface area contributed by atoms with Crippen molar-refractivity contribution in [1.29, 1.82) is 0 Å². The van der Waals surface area contributed by atoms with Crippen LogP contribution in [0.1, 0.15) is 38.5 Å². The van der Waals surface area contributed by atoms with Gasteiger partial charge < -0.3 is 20.1 Å². The molecule has 2 saturated heterocycles. The molecule has 3 rings (SSSR count). The van der Waals surface area contributed by atoms with Gasteiger partial charge in [0.05, 0.1) is 12.1 Å². The number of piperidine rings is 1. The van der Waals surface area contributed by atoms with Gasteiger partial charge in [0.1, 0.15) is 0 Å². The van der Waals surface area contributed by atoms with Crippen molar-refractivity contribution in [1.82, 2.24) is 4.90 Å². The van der Waals surface area contributed by atoms with Crippen molar-refractivity contribution in [2.45, 2.75) is 50.7 Å². The van der Waals surface area contributed by atoms with Crippen molar-refractivity contribution >= 4 is 5.91 Å². The summed E-state index contributed by atoms with van der Waals surface area (Å²) >= 11 is 0. The molecule has 1 amide bonds. The van der Waals surface area contributed by atoms with Gasteiger partial charge in [0, 0.05) is 32.9 Å². The van der Waals surface area contributed by atoms with Gasteiger partial charge in [-0.3, -0.25) is 4.79 Å². The minimum absolute atomic E-state index is 0.127. The lowest BCUT2D eigenvalue weighted by Gasteiger charge is -2.36. The van der Waals surface area contributed by atoms with E-state index < -0.39 is 0 Å². The Kier molecular flexibility index (Phi) is 5.14. The van der Waals surface area contributed by atoms with Crippen molar-refractivity contribution in [3.8, 4) is 0 Å². The summed E-state index contributed by atoms with van der Waals surface area (Å²) in [6.07, 6.45) is 6.74. The fourth-order valence-corrected chi connectivity index (χ4v) is 3.29. The molecular formula is C16H28N2O3. The molecule has 0 radical (unpaired) electrons. The van der Waals surface area contributed by atoms with Gasteiger partial charge >= 0.3 is 0 Å². The minimum Gasteiger partial charge on any atom is -0.381 e. The van der Waals surface area contributed by atoms with Crippen LogP contribution < -0.4 is 5.73 Å². The fraction of sp³-hybridized carbons (Fsp3) is 0.938. The van der Waals surface area contributed by atoms with Crippen LogP contribution in [0.15, 0.2) is 0 Å². The van der Waals surface area contributed by atoms with Crippen LogP contribution in [0.25, 0.3) is 0 Å². The Bertz CT molecular complexity index is 345. The molecule has 0 spiro atoms. The first-order valence-corrected chi connectivity index (χ1v) is 8.47. The lowest BCUT2D eigenvalue weighted by atomic mass is 9.91. The van der Waals surface area contributed by atoms with Crippen LogP contribution >= 0.6 is 0 Å². The highest BCUT2D eigenvalue weighted by Gasteiger charge is 2.32. The topological polar surface area (TPSA) is 64.8 Å². The Labute approximate surface area is 127 Å².